The molecule has 6 rings (SSSR count). The third-order valence-electron chi connectivity index (χ3n) is 7.45. The Balaban J connectivity index is 1.48. The van der Waals surface area contributed by atoms with Crippen LogP contribution in [0.2, 0.25) is 0 Å². The summed E-state index contributed by atoms with van der Waals surface area (Å²) in [6.07, 6.45) is -4.42. The van der Waals surface area contributed by atoms with Crippen molar-refractivity contribution in [1.82, 2.24) is 5.32 Å². The molecule has 0 radical (unpaired) electrons. The Hall–Kier alpha value is -4.18. The van der Waals surface area contributed by atoms with E-state index in [9.17, 15) is 32.7 Å². The number of benzene rings is 3. The molecule has 0 bridgehead atoms. The molecule has 3 amide bonds. The first-order chi connectivity index (χ1) is 17.6. The molecule has 37 heavy (non-hydrogen) atoms. The van der Waals surface area contributed by atoms with Crippen LogP contribution in [0.25, 0.3) is 0 Å². The third kappa shape index (κ3) is 3.36. The molecule has 188 valence electrons. The van der Waals surface area contributed by atoms with Gasteiger partial charge in [-0.1, -0.05) is 36.4 Å². The van der Waals surface area contributed by atoms with Gasteiger partial charge in [-0.2, -0.15) is 13.2 Å². The lowest BCUT2D eigenvalue weighted by Gasteiger charge is -2.29. The van der Waals surface area contributed by atoms with Crippen LogP contribution in [0.15, 0.2) is 72.8 Å². The Bertz CT molecular complexity index is 1460. The van der Waals surface area contributed by atoms with Crippen molar-refractivity contribution in [2.24, 2.45) is 11.8 Å². The summed E-state index contributed by atoms with van der Waals surface area (Å²) in [6, 6.07) is 16.6. The molecule has 3 aromatic rings. The van der Waals surface area contributed by atoms with Gasteiger partial charge in [0, 0.05) is 17.3 Å². The summed E-state index contributed by atoms with van der Waals surface area (Å²) < 4.78 is 40.2. The van der Waals surface area contributed by atoms with Gasteiger partial charge in [-0.3, -0.25) is 19.7 Å². The Morgan fingerprint density at radius 3 is 2.38 bits per heavy atom. The van der Waals surface area contributed by atoms with E-state index < -0.39 is 52.9 Å². The number of para-hydroxylation sites is 1. The smallest absolute Gasteiger partial charge is 0.416 e. The first-order valence-electron chi connectivity index (χ1n) is 11.6. The second kappa shape index (κ2) is 7.91. The summed E-state index contributed by atoms with van der Waals surface area (Å²) >= 11 is 0. The number of hydrogen-bond acceptors (Lipinski definition) is 5. The number of nitrogens with one attached hydrogen (secondary N) is 2. The molecule has 3 heterocycles. The second-order valence-corrected chi connectivity index (χ2v) is 9.49. The number of amides is 3. The quantitative estimate of drug-likeness (QED) is 0.471. The molecule has 7 nitrogen and oxygen atoms in total. The van der Waals surface area contributed by atoms with Crippen molar-refractivity contribution >= 4 is 29.1 Å². The predicted molar refractivity (Wildman–Crippen MR) is 126 cm³/mol. The van der Waals surface area contributed by atoms with Crippen LogP contribution >= 0.6 is 0 Å². The number of nitrogens with zero attached hydrogens (tertiary/aromatic N) is 1. The van der Waals surface area contributed by atoms with E-state index in [2.05, 4.69) is 10.6 Å². The van der Waals surface area contributed by atoms with E-state index in [1.54, 1.807) is 36.4 Å². The zero-order valence-corrected chi connectivity index (χ0v) is 19.1. The maximum absolute atomic E-state index is 13.9. The minimum atomic E-state index is -4.66. The van der Waals surface area contributed by atoms with Gasteiger partial charge in [0.05, 0.1) is 23.1 Å². The average Bonchev–Trinajstić information content (AvgIpc) is 3.44. The minimum absolute atomic E-state index is 0.0596. The van der Waals surface area contributed by atoms with Crippen LogP contribution < -0.4 is 15.5 Å². The normalized spacial score (nSPS) is 26.5. The minimum Gasteiger partial charge on any atom is -0.508 e. The number of halogens is 3. The van der Waals surface area contributed by atoms with E-state index in [1.807, 2.05) is 0 Å². The van der Waals surface area contributed by atoms with Gasteiger partial charge in [0.2, 0.25) is 17.7 Å². The number of carbonyl (C=O) groups excluding carboxylic acids is 3. The molecule has 0 saturated carbocycles. The number of alkyl halides is 3. The van der Waals surface area contributed by atoms with Gasteiger partial charge in [-0.05, 0) is 48.4 Å². The lowest BCUT2D eigenvalue weighted by molar-refractivity contribution is -0.137. The average molecular weight is 507 g/mol. The summed E-state index contributed by atoms with van der Waals surface area (Å²) in [7, 11) is 0. The molecular formula is C27H20F3N3O4. The number of anilines is 2. The number of hydrogen-bond donors (Lipinski definition) is 3. The van der Waals surface area contributed by atoms with E-state index in [0.717, 1.165) is 28.7 Å². The van der Waals surface area contributed by atoms with Crippen molar-refractivity contribution in [3.05, 3.63) is 89.5 Å². The highest BCUT2D eigenvalue weighted by Gasteiger charge is 2.70. The fraction of sp³-hybridized carbons (Fsp3) is 0.222. The summed E-state index contributed by atoms with van der Waals surface area (Å²) in [6.45, 7) is 0. The van der Waals surface area contributed by atoms with Crippen molar-refractivity contribution in [2.45, 2.75) is 24.2 Å². The van der Waals surface area contributed by atoms with Gasteiger partial charge in [0.1, 0.15) is 11.3 Å². The molecule has 0 aromatic heterocycles. The number of aromatic hydroxyl groups is 1. The molecule has 4 atom stereocenters. The van der Waals surface area contributed by atoms with Crippen LogP contribution in [0.1, 0.15) is 16.7 Å². The van der Waals surface area contributed by atoms with Gasteiger partial charge in [-0.25, -0.2) is 4.90 Å². The van der Waals surface area contributed by atoms with Gasteiger partial charge in [0.15, 0.2) is 0 Å². The zero-order chi connectivity index (χ0) is 26.1. The number of phenolic OH excluding ortho intramolecular Hbond substituents is 1. The highest BCUT2D eigenvalue weighted by molar-refractivity contribution is 6.25. The molecule has 1 spiro atoms. The molecule has 2 saturated heterocycles. The molecule has 10 heteroatoms. The van der Waals surface area contributed by atoms with E-state index in [-0.39, 0.29) is 17.9 Å². The monoisotopic (exact) mass is 507 g/mol. The van der Waals surface area contributed by atoms with Crippen molar-refractivity contribution in [1.29, 1.82) is 0 Å². The van der Waals surface area contributed by atoms with Crippen LogP contribution in [0, 0.1) is 11.8 Å². The fourth-order valence-corrected chi connectivity index (χ4v) is 5.89. The summed E-state index contributed by atoms with van der Waals surface area (Å²) in [5, 5.41) is 15.7. The number of fused-ring (bicyclic) bond motifs is 4. The van der Waals surface area contributed by atoms with E-state index in [1.165, 1.54) is 18.2 Å². The van der Waals surface area contributed by atoms with Crippen molar-refractivity contribution in [3.8, 4) is 5.75 Å². The number of phenols is 1. The van der Waals surface area contributed by atoms with Crippen LogP contribution in [0.3, 0.4) is 0 Å². The maximum Gasteiger partial charge on any atom is 0.416 e. The molecular weight excluding hydrogens is 487 g/mol. The molecule has 4 unspecified atom stereocenters. The van der Waals surface area contributed by atoms with E-state index in [4.69, 9.17) is 0 Å². The maximum atomic E-state index is 13.9. The fourth-order valence-electron chi connectivity index (χ4n) is 5.89. The number of rotatable bonds is 3. The predicted octanol–water partition coefficient (Wildman–Crippen LogP) is 3.58. The number of imide groups is 1. The topological polar surface area (TPSA) is 98.7 Å². The molecule has 3 aromatic carbocycles. The molecule has 3 N–H and O–H groups in total. The van der Waals surface area contributed by atoms with Crippen molar-refractivity contribution in [2.75, 3.05) is 10.2 Å². The SMILES string of the molecule is O=C1C2C(Cc3ccc(O)cc3)NC3(C(=O)Nc4ccccc43)C2C(=O)N1c1cccc(C(F)(F)F)c1. The third-order valence-corrected chi connectivity index (χ3v) is 7.45. The van der Waals surface area contributed by atoms with E-state index >= 15 is 0 Å². The zero-order valence-electron chi connectivity index (χ0n) is 19.1. The first-order valence-corrected chi connectivity index (χ1v) is 11.6. The lowest BCUT2D eigenvalue weighted by atomic mass is 9.76. The Morgan fingerprint density at radius 1 is 0.919 bits per heavy atom. The molecule has 0 aliphatic carbocycles. The van der Waals surface area contributed by atoms with Gasteiger partial charge in [-0.15, -0.1) is 0 Å². The van der Waals surface area contributed by atoms with Gasteiger partial charge >= 0.3 is 6.18 Å². The highest BCUT2D eigenvalue weighted by Crippen LogP contribution is 2.54. The second-order valence-electron chi connectivity index (χ2n) is 9.49. The summed E-state index contributed by atoms with van der Waals surface area (Å²) in [5.41, 5.74) is -0.983. The van der Waals surface area contributed by atoms with Gasteiger partial charge in [0.25, 0.3) is 0 Å². The number of carbonyl (C=O) groups is 3. The Labute approximate surface area is 208 Å². The van der Waals surface area contributed by atoms with Crippen LogP contribution in [0.5, 0.6) is 5.75 Å². The Morgan fingerprint density at radius 2 is 1.65 bits per heavy atom. The first kappa shape index (κ1) is 23.2. The summed E-state index contributed by atoms with van der Waals surface area (Å²) in [4.78, 5) is 41.9. The van der Waals surface area contributed by atoms with E-state index in [0.29, 0.717) is 11.3 Å². The molecule has 2 fully saturated rings. The van der Waals surface area contributed by atoms with Crippen LogP contribution in [-0.4, -0.2) is 28.9 Å². The standard InChI is InChI=1S/C27H20F3N3O4/c28-27(29,30)15-4-3-5-16(13-15)33-23(35)21-20(12-14-8-10-17(34)11-9-14)32-26(22(21)24(33)36)18-6-1-2-7-19(18)31-25(26)37/h1-11,13,20-22,32,34H,12H2,(H,31,37). The molecule has 3 aliphatic heterocycles. The summed E-state index contributed by atoms with van der Waals surface area (Å²) in [5.74, 6) is -4.01. The molecule has 3 aliphatic rings. The lowest BCUT2D eigenvalue weighted by Crippen LogP contribution is -2.53. The Kier molecular flexibility index (Phi) is 4.97. The van der Waals surface area contributed by atoms with Crippen LogP contribution in [0.4, 0.5) is 24.5 Å². The van der Waals surface area contributed by atoms with Crippen molar-refractivity contribution < 1.29 is 32.7 Å². The van der Waals surface area contributed by atoms with Crippen LogP contribution in [-0.2, 0) is 32.5 Å². The van der Waals surface area contributed by atoms with Gasteiger partial charge < -0.3 is 10.4 Å². The largest absolute Gasteiger partial charge is 0.508 e. The highest BCUT2D eigenvalue weighted by atomic mass is 19.4. The van der Waals surface area contributed by atoms with Crippen molar-refractivity contribution in [3.63, 3.8) is 0 Å².